The van der Waals surface area contributed by atoms with Crippen LogP contribution in [0.25, 0.3) is 16.6 Å². The van der Waals surface area contributed by atoms with Crippen LogP contribution in [0.2, 0.25) is 0 Å². The molecule has 3 aromatic rings. The summed E-state index contributed by atoms with van der Waals surface area (Å²) < 4.78 is 1.60. The van der Waals surface area contributed by atoms with E-state index in [4.69, 9.17) is 0 Å². The maximum absolute atomic E-state index is 12.6. The second-order valence-electron chi connectivity index (χ2n) is 6.84. The summed E-state index contributed by atoms with van der Waals surface area (Å²) in [5.41, 5.74) is 3.07. The number of nitrogens with zero attached hydrogens (tertiary/aromatic N) is 2. The minimum absolute atomic E-state index is 0.0332. The van der Waals surface area contributed by atoms with Crippen LogP contribution in [0.4, 0.5) is 0 Å². The lowest BCUT2D eigenvalue weighted by Gasteiger charge is -2.18. The van der Waals surface area contributed by atoms with Gasteiger partial charge >= 0.3 is 0 Å². The van der Waals surface area contributed by atoms with E-state index >= 15 is 0 Å². The number of fused-ring (bicyclic) bond motifs is 1. The van der Waals surface area contributed by atoms with Crippen LogP contribution < -0.4 is 5.56 Å². The van der Waals surface area contributed by atoms with E-state index in [1.807, 2.05) is 36.4 Å². The number of rotatable bonds is 2. The predicted molar refractivity (Wildman–Crippen MR) is 90.5 cm³/mol. The third kappa shape index (κ3) is 2.93. The van der Waals surface area contributed by atoms with Gasteiger partial charge in [0.05, 0.1) is 16.6 Å². The first-order valence-corrected chi connectivity index (χ1v) is 7.50. The molecule has 1 aromatic heterocycles. The van der Waals surface area contributed by atoms with Crippen LogP contribution in [0.15, 0.2) is 59.7 Å². The Kier molecular flexibility index (Phi) is 3.57. The highest BCUT2D eigenvalue weighted by Gasteiger charge is 2.11. The average Bonchev–Trinajstić information content (AvgIpc) is 2.47. The summed E-state index contributed by atoms with van der Waals surface area (Å²) in [6, 6.07) is 15.6. The molecule has 0 spiro atoms. The Morgan fingerprint density at radius 2 is 1.68 bits per heavy atom. The van der Waals surface area contributed by atoms with E-state index in [0.717, 1.165) is 17.6 Å². The molecule has 0 aliphatic heterocycles. The van der Waals surface area contributed by atoms with Crippen LogP contribution in [0, 0.1) is 5.41 Å². The Labute approximate surface area is 130 Å². The van der Waals surface area contributed by atoms with Gasteiger partial charge in [0.1, 0.15) is 6.33 Å². The van der Waals surface area contributed by atoms with E-state index in [9.17, 15) is 4.79 Å². The normalized spacial score (nSPS) is 11.8. The minimum atomic E-state index is -0.0332. The zero-order chi connectivity index (χ0) is 15.7. The van der Waals surface area contributed by atoms with Gasteiger partial charge in [-0.1, -0.05) is 45.0 Å². The standard InChI is InChI=1S/C19H20N2O/c1-19(2,3)12-14-8-10-15(11-9-14)21-13-20-17-7-5-4-6-16(17)18(21)22/h4-11,13H,12H2,1-3H3. The van der Waals surface area contributed by atoms with Crippen LogP contribution in [-0.4, -0.2) is 9.55 Å². The zero-order valence-electron chi connectivity index (χ0n) is 13.2. The highest BCUT2D eigenvalue weighted by molar-refractivity contribution is 5.77. The van der Waals surface area contributed by atoms with Gasteiger partial charge in [0.25, 0.3) is 5.56 Å². The van der Waals surface area contributed by atoms with Crippen molar-refractivity contribution in [2.75, 3.05) is 0 Å². The first kappa shape index (κ1) is 14.5. The summed E-state index contributed by atoms with van der Waals surface area (Å²) in [5.74, 6) is 0. The molecule has 0 saturated carbocycles. The highest BCUT2D eigenvalue weighted by atomic mass is 16.1. The van der Waals surface area contributed by atoms with Gasteiger partial charge in [-0.2, -0.15) is 0 Å². The van der Waals surface area contributed by atoms with Crippen molar-refractivity contribution in [1.82, 2.24) is 9.55 Å². The summed E-state index contributed by atoms with van der Waals surface area (Å²) in [6.07, 6.45) is 2.61. The maximum atomic E-state index is 12.6. The number of aromatic nitrogens is 2. The molecule has 0 aliphatic rings. The Morgan fingerprint density at radius 1 is 1.00 bits per heavy atom. The van der Waals surface area contributed by atoms with Crippen LogP contribution in [0.1, 0.15) is 26.3 Å². The topological polar surface area (TPSA) is 34.9 Å². The van der Waals surface area contributed by atoms with Gasteiger partial charge < -0.3 is 0 Å². The Bertz CT molecular complexity index is 855. The maximum Gasteiger partial charge on any atom is 0.265 e. The molecule has 3 heteroatoms. The van der Waals surface area contributed by atoms with Gasteiger partial charge in [0.15, 0.2) is 0 Å². The molecule has 0 fully saturated rings. The van der Waals surface area contributed by atoms with E-state index in [2.05, 4.69) is 37.9 Å². The smallest absolute Gasteiger partial charge is 0.265 e. The van der Waals surface area contributed by atoms with Crippen LogP contribution in [0.5, 0.6) is 0 Å². The molecule has 3 rings (SSSR count). The van der Waals surface area contributed by atoms with Crippen LogP contribution in [0.3, 0.4) is 0 Å². The van der Waals surface area contributed by atoms with Crippen molar-refractivity contribution in [2.45, 2.75) is 27.2 Å². The molecule has 2 aromatic carbocycles. The summed E-state index contributed by atoms with van der Waals surface area (Å²) in [7, 11) is 0. The predicted octanol–water partition coefficient (Wildman–Crippen LogP) is 3.97. The van der Waals surface area contributed by atoms with E-state index in [1.54, 1.807) is 10.9 Å². The van der Waals surface area contributed by atoms with E-state index in [0.29, 0.717) is 5.39 Å². The number of para-hydroxylation sites is 1. The third-order valence-corrected chi connectivity index (χ3v) is 3.61. The second-order valence-corrected chi connectivity index (χ2v) is 6.84. The molecule has 112 valence electrons. The highest BCUT2D eigenvalue weighted by Crippen LogP contribution is 2.21. The quantitative estimate of drug-likeness (QED) is 0.716. The number of benzene rings is 2. The van der Waals surface area contributed by atoms with Crippen molar-refractivity contribution in [3.63, 3.8) is 0 Å². The van der Waals surface area contributed by atoms with Gasteiger partial charge in [-0.15, -0.1) is 0 Å². The summed E-state index contributed by atoms with van der Waals surface area (Å²) in [5, 5.41) is 0.642. The fourth-order valence-corrected chi connectivity index (χ4v) is 2.64. The van der Waals surface area contributed by atoms with Crippen molar-refractivity contribution in [3.05, 3.63) is 70.8 Å². The van der Waals surface area contributed by atoms with E-state index in [-0.39, 0.29) is 11.0 Å². The first-order valence-electron chi connectivity index (χ1n) is 7.50. The molecule has 0 radical (unpaired) electrons. The van der Waals surface area contributed by atoms with E-state index < -0.39 is 0 Å². The van der Waals surface area contributed by atoms with Crippen LogP contribution in [-0.2, 0) is 6.42 Å². The van der Waals surface area contributed by atoms with Gasteiger partial charge in [-0.25, -0.2) is 4.98 Å². The zero-order valence-corrected chi connectivity index (χ0v) is 13.2. The van der Waals surface area contributed by atoms with Crippen molar-refractivity contribution in [1.29, 1.82) is 0 Å². The van der Waals surface area contributed by atoms with Crippen molar-refractivity contribution < 1.29 is 0 Å². The summed E-state index contributed by atoms with van der Waals surface area (Å²) in [4.78, 5) is 16.9. The minimum Gasteiger partial charge on any atom is -0.268 e. The molecule has 1 heterocycles. The van der Waals surface area contributed by atoms with Crippen LogP contribution >= 0.6 is 0 Å². The lowest BCUT2D eigenvalue weighted by Crippen LogP contribution is -2.18. The largest absolute Gasteiger partial charge is 0.268 e. The molecule has 3 nitrogen and oxygen atoms in total. The molecule has 0 bridgehead atoms. The monoisotopic (exact) mass is 292 g/mol. The third-order valence-electron chi connectivity index (χ3n) is 3.61. The molecule has 0 N–H and O–H groups in total. The molecule has 22 heavy (non-hydrogen) atoms. The second kappa shape index (κ2) is 5.41. The van der Waals surface area contributed by atoms with Crippen molar-refractivity contribution in [2.24, 2.45) is 5.41 Å². The SMILES string of the molecule is CC(C)(C)Cc1ccc(-n2cnc3ccccc3c2=O)cc1. The lowest BCUT2D eigenvalue weighted by atomic mass is 9.88. The van der Waals surface area contributed by atoms with E-state index in [1.165, 1.54) is 5.56 Å². The molecular weight excluding hydrogens is 272 g/mol. The molecule has 0 saturated heterocycles. The molecule has 0 atom stereocenters. The Balaban J connectivity index is 2.01. The summed E-state index contributed by atoms with van der Waals surface area (Å²) >= 11 is 0. The average molecular weight is 292 g/mol. The van der Waals surface area contributed by atoms with Crippen molar-refractivity contribution >= 4 is 10.9 Å². The Hall–Kier alpha value is -2.42. The molecule has 0 amide bonds. The van der Waals surface area contributed by atoms with Gasteiger partial charge in [-0.05, 0) is 41.7 Å². The first-order chi connectivity index (χ1) is 10.4. The fourth-order valence-electron chi connectivity index (χ4n) is 2.64. The summed E-state index contributed by atoms with van der Waals surface area (Å²) in [6.45, 7) is 6.66. The fraction of sp³-hybridized carbons (Fsp3) is 0.263. The lowest BCUT2D eigenvalue weighted by molar-refractivity contribution is 0.411. The molecule has 0 unspecified atom stereocenters. The number of hydrogen-bond acceptors (Lipinski definition) is 2. The van der Waals surface area contributed by atoms with Gasteiger partial charge in [0, 0.05) is 0 Å². The van der Waals surface area contributed by atoms with Gasteiger partial charge in [-0.3, -0.25) is 9.36 Å². The Morgan fingerprint density at radius 3 is 2.36 bits per heavy atom. The van der Waals surface area contributed by atoms with Crippen molar-refractivity contribution in [3.8, 4) is 5.69 Å². The molecule has 0 aliphatic carbocycles. The van der Waals surface area contributed by atoms with Gasteiger partial charge in [0.2, 0.25) is 0 Å². The number of hydrogen-bond donors (Lipinski definition) is 0. The molecular formula is C19H20N2O.